The number of rotatable bonds is 4. The van der Waals surface area contributed by atoms with Gasteiger partial charge in [-0.15, -0.1) is 11.8 Å². The van der Waals surface area contributed by atoms with Crippen LogP contribution < -0.4 is 0 Å². The molecule has 14 heavy (non-hydrogen) atoms. The summed E-state index contributed by atoms with van der Waals surface area (Å²) < 4.78 is 0. The van der Waals surface area contributed by atoms with Gasteiger partial charge in [-0.05, 0) is 21.0 Å². The Bertz CT molecular complexity index is 251. The van der Waals surface area contributed by atoms with Crippen molar-refractivity contribution in [3.05, 3.63) is 0 Å². The Hall–Kier alpha value is -0.350. The maximum absolute atomic E-state index is 11.7. The molecule has 0 aromatic carbocycles. The first-order chi connectivity index (χ1) is 6.56. The molecular formula is C10H18N2OS. The molecule has 0 aromatic heterocycles. The van der Waals surface area contributed by atoms with Crippen LogP contribution in [0.3, 0.4) is 0 Å². The fourth-order valence-electron chi connectivity index (χ4n) is 1.73. The summed E-state index contributed by atoms with van der Waals surface area (Å²) in [5.74, 6) is 1.24. The number of carbonyl (C=O) groups excluding carboxylic acids is 1. The number of Topliss-reactive ketones (excluding diaryl/α,β-unsaturated/α-hetero) is 1. The van der Waals surface area contributed by atoms with Gasteiger partial charge in [-0.1, -0.05) is 6.92 Å². The lowest BCUT2D eigenvalue weighted by molar-refractivity contribution is -0.123. The van der Waals surface area contributed by atoms with Crippen LogP contribution in [0.2, 0.25) is 0 Å². The Morgan fingerprint density at radius 2 is 2.36 bits per heavy atom. The van der Waals surface area contributed by atoms with Gasteiger partial charge in [0.15, 0.2) is 5.78 Å². The van der Waals surface area contributed by atoms with E-state index in [2.05, 4.69) is 4.99 Å². The smallest absolute Gasteiger partial charge is 0.151 e. The number of hydrogen-bond acceptors (Lipinski definition) is 4. The average molecular weight is 214 g/mol. The van der Waals surface area contributed by atoms with Crippen LogP contribution in [0.5, 0.6) is 0 Å². The van der Waals surface area contributed by atoms with Crippen LogP contribution in [-0.2, 0) is 4.79 Å². The third-order valence-electron chi connectivity index (χ3n) is 2.41. The highest BCUT2D eigenvalue weighted by Crippen LogP contribution is 2.22. The highest BCUT2D eigenvalue weighted by molar-refractivity contribution is 8.14. The molecule has 1 aliphatic heterocycles. The first-order valence-electron chi connectivity index (χ1n) is 4.92. The highest BCUT2D eigenvalue weighted by Gasteiger charge is 2.31. The van der Waals surface area contributed by atoms with Crippen molar-refractivity contribution in [2.75, 3.05) is 19.8 Å². The molecule has 1 heterocycles. The normalized spacial score (nSPS) is 23.8. The maximum Gasteiger partial charge on any atom is 0.151 e. The van der Waals surface area contributed by atoms with E-state index >= 15 is 0 Å². The lowest BCUT2D eigenvalue weighted by Gasteiger charge is -2.26. The highest BCUT2D eigenvalue weighted by atomic mass is 32.2. The molecule has 2 unspecified atom stereocenters. The molecule has 2 atom stereocenters. The molecule has 1 rings (SSSR count). The van der Waals surface area contributed by atoms with E-state index in [-0.39, 0.29) is 12.1 Å². The fourth-order valence-corrected chi connectivity index (χ4v) is 2.61. The zero-order valence-electron chi connectivity index (χ0n) is 9.28. The number of aliphatic imine (C=N–C) groups is 1. The van der Waals surface area contributed by atoms with Gasteiger partial charge in [-0.3, -0.25) is 14.7 Å². The van der Waals surface area contributed by atoms with Crippen LogP contribution in [0, 0.1) is 0 Å². The van der Waals surface area contributed by atoms with Crippen molar-refractivity contribution < 1.29 is 4.79 Å². The van der Waals surface area contributed by atoms with Gasteiger partial charge in [0.25, 0.3) is 0 Å². The Labute approximate surface area is 90.0 Å². The number of nitrogens with zero attached hydrogens (tertiary/aromatic N) is 2. The van der Waals surface area contributed by atoms with Gasteiger partial charge >= 0.3 is 0 Å². The predicted molar refractivity (Wildman–Crippen MR) is 62.1 cm³/mol. The minimum atomic E-state index is -0.0371. The minimum Gasteiger partial charge on any atom is -0.298 e. The van der Waals surface area contributed by atoms with Gasteiger partial charge in [0.2, 0.25) is 0 Å². The molecule has 0 aliphatic carbocycles. The monoisotopic (exact) mass is 214 g/mol. The van der Waals surface area contributed by atoms with Gasteiger partial charge in [-0.2, -0.15) is 0 Å². The van der Waals surface area contributed by atoms with Crippen LogP contribution in [0.1, 0.15) is 20.3 Å². The largest absolute Gasteiger partial charge is 0.298 e. The summed E-state index contributed by atoms with van der Waals surface area (Å²) in [6.07, 6.45) is 0.596. The molecule has 4 heteroatoms. The van der Waals surface area contributed by atoms with Gasteiger partial charge in [0.05, 0.1) is 17.1 Å². The Morgan fingerprint density at radius 3 is 2.71 bits per heavy atom. The fraction of sp³-hybridized carbons (Fsp3) is 0.800. The van der Waals surface area contributed by atoms with Crippen molar-refractivity contribution in [2.45, 2.75) is 32.4 Å². The summed E-state index contributed by atoms with van der Waals surface area (Å²) in [5, 5.41) is 1.10. The summed E-state index contributed by atoms with van der Waals surface area (Å²) >= 11 is 1.75. The van der Waals surface area contributed by atoms with Crippen LogP contribution >= 0.6 is 11.8 Å². The van der Waals surface area contributed by atoms with E-state index in [0.29, 0.717) is 12.2 Å². The van der Waals surface area contributed by atoms with Crippen molar-refractivity contribution in [1.82, 2.24) is 4.90 Å². The molecule has 0 saturated heterocycles. The molecule has 0 bridgehead atoms. The molecule has 0 aromatic rings. The van der Waals surface area contributed by atoms with Gasteiger partial charge in [0.1, 0.15) is 0 Å². The lowest BCUT2D eigenvalue weighted by Crippen LogP contribution is -2.44. The van der Waals surface area contributed by atoms with E-state index in [1.54, 1.807) is 11.8 Å². The van der Waals surface area contributed by atoms with Crippen molar-refractivity contribution in [3.63, 3.8) is 0 Å². The topological polar surface area (TPSA) is 32.7 Å². The number of likely N-dealkylation sites (N-methyl/N-ethyl adjacent to an activating group) is 1. The third-order valence-corrected chi connectivity index (χ3v) is 3.44. The first-order valence-corrected chi connectivity index (χ1v) is 5.91. The summed E-state index contributed by atoms with van der Waals surface area (Å²) in [6, 6.07) is 0.118. The van der Waals surface area contributed by atoms with E-state index in [9.17, 15) is 4.79 Å². The van der Waals surface area contributed by atoms with Gasteiger partial charge < -0.3 is 0 Å². The second-order valence-electron chi connectivity index (χ2n) is 3.75. The molecule has 0 saturated carbocycles. The second-order valence-corrected chi connectivity index (χ2v) is 4.97. The Balaban J connectivity index is 2.73. The van der Waals surface area contributed by atoms with E-state index in [1.165, 1.54) is 0 Å². The third kappa shape index (κ3) is 2.58. The van der Waals surface area contributed by atoms with Gasteiger partial charge in [-0.25, -0.2) is 0 Å². The molecule has 0 spiro atoms. The molecule has 0 radical (unpaired) electrons. The number of carbonyl (C=O) groups is 1. The summed E-state index contributed by atoms with van der Waals surface area (Å²) in [4.78, 5) is 18.2. The molecule has 3 nitrogen and oxygen atoms in total. The molecule has 0 fully saturated rings. The Morgan fingerprint density at radius 1 is 1.71 bits per heavy atom. The summed E-state index contributed by atoms with van der Waals surface area (Å²) in [6.45, 7) is 3.92. The second kappa shape index (κ2) is 4.94. The van der Waals surface area contributed by atoms with Crippen molar-refractivity contribution in [1.29, 1.82) is 0 Å². The number of hydrogen-bond donors (Lipinski definition) is 0. The van der Waals surface area contributed by atoms with E-state index < -0.39 is 0 Å². The predicted octanol–water partition coefficient (Wildman–Crippen LogP) is 1.43. The molecule has 0 amide bonds. The van der Waals surface area contributed by atoms with Crippen LogP contribution in [0.25, 0.3) is 0 Å². The zero-order valence-corrected chi connectivity index (χ0v) is 10.1. The standard InChI is InChI=1S/C10H18N2OS/c1-5-9(13)10(12(3)4)8-6-14-7(2)11-8/h8,10H,5-6H2,1-4H3. The quantitative estimate of drug-likeness (QED) is 0.709. The van der Waals surface area contributed by atoms with Crippen molar-refractivity contribution in [3.8, 4) is 0 Å². The van der Waals surface area contributed by atoms with Crippen molar-refractivity contribution >= 4 is 22.6 Å². The van der Waals surface area contributed by atoms with E-state index in [4.69, 9.17) is 0 Å². The van der Waals surface area contributed by atoms with E-state index in [1.807, 2.05) is 32.8 Å². The van der Waals surface area contributed by atoms with Gasteiger partial charge in [0, 0.05) is 12.2 Å². The minimum absolute atomic E-state index is 0.0371. The average Bonchev–Trinajstić information content (AvgIpc) is 2.51. The van der Waals surface area contributed by atoms with E-state index in [0.717, 1.165) is 10.8 Å². The zero-order chi connectivity index (χ0) is 10.7. The molecule has 1 aliphatic rings. The van der Waals surface area contributed by atoms with Crippen molar-refractivity contribution in [2.24, 2.45) is 4.99 Å². The number of thioether (sulfide) groups is 1. The molecule has 80 valence electrons. The summed E-state index contributed by atoms with van der Waals surface area (Å²) in [7, 11) is 3.90. The molecular weight excluding hydrogens is 196 g/mol. The lowest BCUT2D eigenvalue weighted by atomic mass is 10.0. The first kappa shape index (κ1) is 11.7. The number of ketones is 1. The SMILES string of the molecule is CCC(=O)C(C1CSC(C)=N1)N(C)C. The Kier molecular flexibility index (Phi) is 4.13. The maximum atomic E-state index is 11.7. The van der Waals surface area contributed by atoms with Crippen LogP contribution in [0.15, 0.2) is 4.99 Å². The molecule has 0 N–H and O–H groups in total. The summed E-state index contributed by atoms with van der Waals surface area (Å²) in [5.41, 5.74) is 0. The van der Waals surface area contributed by atoms with Crippen LogP contribution in [0.4, 0.5) is 0 Å². The van der Waals surface area contributed by atoms with Crippen LogP contribution in [-0.4, -0.2) is 47.7 Å².